The van der Waals surface area contributed by atoms with Crippen molar-refractivity contribution in [2.75, 3.05) is 26.8 Å². The van der Waals surface area contributed by atoms with Gasteiger partial charge in [-0.2, -0.15) is 0 Å². The molecule has 0 saturated heterocycles. The van der Waals surface area contributed by atoms with Gasteiger partial charge in [0.2, 0.25) is 0 Å². The molecule has 0 atom stereocenters. The molecule has 0 aromatic heterocycles. The maximum atomic E-state index is 12.8. The molecule has 2 aromatic carbocycles. The van der Waals surface area contributed by atoms with Gasteiger partial charge in [0.1, 0.15) is 6.54 Å². The van der Waals surface area contributed by atoms with Gasteiger partial charge in [-0.05, 0) is 30.2 Å². The molecule has 8 nitrogen and oxygen atoms in total. The van der Waals surface area contributed by atoms with Gasteiger partial charge < -0.3 is 25.2 Å². The van der Waals surface area contributed by atoms with Crippen molar-refractivity contribution < 1.29 is 29.0 Å². The van der Waals surface area contributed by atoms with Crippen molar-refractivity contribution in [3.05, 3.63) is 59.7 Å². The molecular weight excluding hydrogens is 364 g/mol. The molecule has 8 heteroatoms. The lowest BCUT2D eigenvalue weighted by atomic mass is 10.1. The zero-order valence-corrected chi connectivity index (χ0v) is 15.5. The van der Waals surface area contributed by atoms with Crippen LogP contribution in [0.25, 0.3) is 0 Å². The van der Waals surface area contributed by atoms with Crippen molar-refractivity contribution in [3.8, 4) is 11.5 Å². The first-order chi connectivity index (χ1) is 13.4. The Morgan fingerprint density at radius 3 is 2.39 bits per heavy atom. The first kappa shape index (κ1) is 20.8. The van der Waals surface area contributed by atoms with Gasteiger partial charge >= 0.3 is 5.97 Å². The SMILES string of the molecule is COc1cc(C(=O)N(CCc2ccccc2)CC(=O)O)ccc1OCC(N)=O. The maximum absolute atomic E-state index is 12.8. The quantitative estimate of drug-likeness (QED) is 0.636. The van der Waals surface area contributed by atoms with E-state index in [1.165, 1.54) is 30.2 Å². The highest BCUT2D eigenvalue weighted by Gasteiger charge is 2.20. The normalized spacial score (nSPS) is 10.2. The second-order valence-electron chi connectivity index (χ2n) is 5.98. The van der Waals surface area contributed by atoms with Gasteiger partial charge in [-0.1, -0.05) is 30.3 Å². The van der Waals surface area contributed by atoms with Crippen LogP contribution in [0, 0.1) is 0 Å². The highest BCUT2D eigenvalue weighted by Crippen LogP contribution is 2.28. The highest BCUT2D eigenvalue weighted by molar-refractivity contribution is 5.96. The summed E-state index contributed by atoms with van der Waals surface area (Å²) in [6, 6.07) is 13.9. The van der Waals surface area contributed by atoms with Crippen LogP contribution in [-0.2, 0) is 16.0 Å². The number of carbonyl (C=O) groups excluding carboxylic acids is 2. The standard InChI is InChI=1S/C20H22N2O6/c1-27-17-11-15(7-8-16(17)28-13-18(21)23)20(26)22(12-19(24)25)10-9-14-5-3-2-4-6-14/h2-8,11H,9-10,12-13H2,1H3,(H2,21,23)(H,24,25). The van der Waals surface area contributed by atoms with Crippen LogP contribution in [-0.4, -0.2) is 54.6 Å². The summed E-state index contributed by atoms with van der Waals surface area (Å²) in [4.78, 5) is 36.2. The fourth-order valence-electron chi connectivity index (χ4n) is 2.58. The molecule has 0 fully saturated rings. The van der Waals surface area contributed by atoms with Crippen LogP contribution in [0.4, 0.5) is 0 Å². The number of benzene rings is 2. The third-order valence-corrected chi connectivity index (χ3v) is 3.91. The number of hydrogen-bond donors (Lipinski definition) is 2. The zero-order chi connectivity index (χ0) is 20.5. The van der Waals surface area contributed by atoms with E-state index in [2.05, 4.69) is 0 Å². The lowest BCUT2D eigenvalue weighted by Crippen LogP contribution is -2.37. The predicted molar refractivity (Wildman–Crippen MR) is 101 cm³/mol. The molecule has 0 unspecified atom stereocenters. The first-order valence-corrected chi connectivity index (χ1v) is 8.55. The molecule has 3 N–H and O–H groups in total. The molecule has 2 rings (SSSR count). The summed E-state index contributed by atoms with van der Waals surface area (Å²) in [6.07, 6.45) is 0.525. The minimum atomic E-state index is -1.10. The van der Waals surface area contributed by atoms with E-state index in [-0.39, 0.29) is 30.2 Å². The summed E-state index contributed by atoms with van der Waals surface area (Å²) in [5.41, 5.74) is 6.30. The molecule has 0 bridgehead atoms. The molecule has 0 aliphatic heterocycles. The molecule has 0 radical (unpaired) electrons. The fraction of sp³-hybridized carbons (Fsp3) is 0.250. The predicted octanol–water partition coefficient (Wildman–Crippen LogP) is 1.33. The van der Waals surface area contributed by atoms with Crippen molar-refractivity contribution in [2.45, 2.75) is 6.42 Å². The molecule has 0 spiro atoms. The number of nitrogens with two attached hydrogens (primary N) is 1. The van der Waals surface area contributed by atoms with Crippen molar-refractivity contribution in [1.29, 1.82) is 0 Å². The number of carbonyl (C=O) groups is 3. The summed E-state index contributed by atoms with van der Waals surface area (Å²) < 4.78 is 10.4. The van der Waals surface area contributed by atoms with E-state index in [9.17, 15) is 14.4 Å². The number of amides is 2. The Bertz CT molecular complexity index is 838. The van der Waals surface area contributed by atoms with Crippen LogP contribution in [0.2, 0.25) is 0 Å². The molecule has 0 saturated carbocycles. The minimum absolute atomic E-state index is 0.241. The number of methoxy groups -OCH3 is 1. The van der Waals surface area contributed by atoms with Gasteiger partial charge in [-0.25, -0.2) is 0 Å². The van der Waals surface area contributed by atoms with Crippen molar-refractivity contribution in [2.24, 2.45) is 5.73 Å². The van der Waals surface area contributed by atoms with E-state index in [0.717, 1.165) is 5.56 Å². The first-order valence-electron chi connectivity index (χ1n) is 8.55. The number of rotatable bonds is 10. The molecule has 0 aliphatic rings. The Hall–Kier alpha value is -3.55. The lowest BCUT2D eigenvalue weighted by Gasteiger charge is -2.21. The van der Waals surface area contributed by atoms with Gasteiger partial charge in [0.15, 0.2) is 18.1 Å². The van der Waals surface area contributed by atoms with Gasteiger partial charge in [0.25, 0.3) is 11.8 Å². The molecule has 28 heavy (non-hydrogen) atoms. The summed E-state index contributed by atoms with van der Waals surface area (Å²) >= 11 is 0. The Labute approximate surface area is 162 Å². The summed E-state index contributed by atoms with van der Waals surface area (Å²) in [5, 5.41) is 9.16. The number of carboxylic acid groups (broad SMARTS) is 1. The van der Waals surface area contributed by atoms with Crippen LogP contribution < -0.4 is 15.2 Å². The average Bonchev–Trinajstić information content (AvgIpc) is 2.69. The van der Waals surface area contributed by atoms with Crippen LogP contribution >= 0.6 is 0 Å². The maximum Gasteiger partial charge on any atom is 0.323 e. The largest absolute Gasteiger partial charge is 0.493 e. The highest BCUT2D eigenvalue weighted by atomic mass is 16.5. The number of nitrogens with zero attached hydrogens (tertiary/aromatic N) is 1. The zero-order valence-electron chi connectivity index (χ0n) is 15.5. The number of primary amides is 1. The monoisotopic (exact) mass is 386 g/mol. The minimum Gasteiger partial charge on any atom is -0.493 e. The fourth-order valence-corrected chi connectivity index (χ4v) is 2.58. The third kappa shape index (κ3) is 6.01. The smallest absolute Gasteiger partial charge is 0.323 e. The number of carboxylic acids is 1. The second kappa shape index (κ2) is 9.96. The van der Waals surface area contributed by atoms with E-state index in [1.54, 1.807) is 0 Å². The van der Waals surface area contributed by atoms with Crippen LogP contribution in [0.1, 0.15) is 15.9 Å². The van der Waals surface area contributed by atoms with E-state index >= 15 is 0 Å². The van der Waals surface area contributed by atoms with E-state index < -0.39 is 24.3 Å². The van der Waals surface area contributed by atoms with Crippen LogP contribution in [0.15, 0.2) is 48.5 Å². The molecule has 0 aliphatic carbocycles. The summed E-state index contributed by atoms with van der Waals surface area (Å²) in [7, 11) is 1.39. The topological polar surface area (TPSA) is 119 Å². The number of ether oxygens (including phenoxy) is 2. The molecule has 2 aromatic rings. The molecule has 0 heterocycles. The Morgan fingerprint density at radius 1 is 1.07 bits per heavy atom. The van der Waals surface area contributed by atoms with E-state index in [4.69, 9.17) is 20.3 Å². The van der Waals surface area contributed by atoms with E-state index in [0.29, 0.717) is 6.42 Å². The van der Waals surface area contributed by atoms with Crippen LogP contribution in [0.5, 0.6) is 11.5 Å². The van der Waals surface area contributed by atoms with Crippen molar-refractivity contribution in [3.63, 3.8) is 0 Å². The Kier molecular flexibility index (Phi) is 7.38. The Morgan fingerprint density at radius 2 is 1.79 bits per heavy atom. The van der Waals surface area contributed by atoms with Gasteiger partial charge in [-0.15, -0.1) is 0 Å². The summed E-state index contributed by atoms with van der Waals surface area (Å²) in [5.74, 6) is -1.69. The molecular formula is C20H22N2O6. The third-order valence-electron chi connectivity index (χ3n) is 3.91. The lowest BCUT2D eigenvalue weighted by molar-refractivity contribution is -0.137. The van der Waals surface area contributed by atoms with E-state index in [1.807, 2.05) is 30.3 Å². The Balaban J connectivity index is 2.17. The van der Waals surface area contributed by atoms with Crippen molar-refractivity contribution in [1.82, 2.24) is 4.90 Å². The number of aliphatic carboxylic acids is 1. The average molecular weight is 386 g/mol. The number of hydrogen-bond acceptors (Lipinski definition) is 5. The summed E-state index contributed by atoms with van der Waals surface area (Å²) in [6.45, 7) is -0.503. The van der Waals surface area contributed by atoms with Gasteiger partial charge in [0, 0.05) is 12.1 Å². The van der Waals surface area contributed by atoms with Gasteiger partial charge in [0.05, 0.1) is 7.11 Å². The van der Waals surface area contributed by atoms with Gasteiger partial charge in [-0.3, -0.25) is 14.4 Å². The van der Waals surface area contributed by atoms with Crippen LogP contribution in [0.3, 0.4) is 0 Å². The molecule has 148 valence electrons. The second-order valence-corrected chi connectivity index (χ2v) is 5.98. The van der Waals surface area contributed by atoms with Crippen molar-refractivity contribution >= 4 is 17.8 Å². The molecule has 2 amide bonds.